The van der Waals surface area contributed by atoms with E-state index in [-0.39, 0.29) is 12.5 Å². The minimum Gasteiger partial charge on any atom is -0.465 e. The van der Waals surface area contributed by atoms with Crippen molar-refractivity contribution in [2.75, 3.05) is 6.61 Å². The number of hydrogen-bond donors (Lipinski definition) is 0. The fraction of sp³-hybridized carbons (Fsp3) is 0.125. The van der Waals surface area contributed by atoms with Crippen molar-refractivity contribution < 1.29 is 9.53 Å². The number of hydrogen-bond acceptors (Lipinski definition) is 3. The number of benzene rings is 4. The molecule has 0 aliphatic rings. The number of esters is 1. The third-order valence-corrected chi connectivity index (χ3v) is 11.1. The standard InChI is InChI=1S/C32H29ClN2O2P/c1-2-37-32(36)23-35-31(25-18-20-26(33)21-19-25)22-27(34-35)24-38(28-12-6-3-7-13-28,29-14-8-4-9-15-29)30-16-10-5-11-17-30/h3-22H,2,23-24H2,1H3/q+1. The first-order valence-electron chi connectivity index (χ1n) is 12.6. The molecule has 4 nitrogen and oxygen atoms in total. The third kappa shape index (κ3) is 5.43. The van der Waals surface area contributed by atoms with E-state index in [0.29, 0.717) is 17.8 Å². The predicted molar refractivity (Wildman–Crippen MR) is 158 cm³/mol. The molecular formula is C32H29ClN2O2P+. The summed E-state index contributed by atoms with van der Waals surface area (Å²) in [7, 11) is -2.14. The van der Waals surface area contributed by atoms with Gasteiger partial charge in [0.15, 0.2) is 0 Å². The molecule has 0 amide bonds. The van der Waals surface area contributed by atoms with Crippen LogP contribution in [0.4, 0.5) is 0 Å². The van der Waals surface area contributed by atoms with Crippen LogP contribution < -0.4 is 15.9 Å². The van der Waals surface area contributed by atoms with Gasteiger partial charge in [-0.25, -0.2) is 0 Å². The van der Waals surface area contributed by atoms with E-state index in [0.717, 1.165) is 17.0 Å². The summed E-state index contributed by atoms with van der Waals surface area (Å²) in [6.45, 7) is 2.18. The van der Waals surface area contributed by atoms with Crippen LogP contribution in [0.3, 0.4) is 0 Å². The molecular weight excluding hydrogens is 511 g/mol. The molecule has 4 aromatic carbocycles. The van der Waals surface area contributed by atoms with Crippen LogP contribution in [0.5, 0.6) is 0 Å². The van der Waals surface area contributed by atoms with E-state index >= 15 is 0 Å². The molecule has 0 N–H and O–H groups in total. The lowest BCUT2D eigenvalue weighted by atomic mass is 10.1. The molecule has 6 heteroatoms. The summed E-state index contributed by atoms with van der Waals surface area (Å²) in [5, 5.41) is 9.51. The van der Waals surface area contributed by atoms with Gasteiger partial charge in [0.2, 0.25) is 0 Å². The van der Waals surface area contributed by atoms with Crippen LogP contribution in [0.25, 0.3) is 11.3 Å². The third-order valence-electron chi connectivity index (χ3n) is 6.54. The van der Waals surface area contributed by atoms with Crippen LogP contribution in [0, 0.1) is 0 Å². The summed E-state index contributed by atoms with van der Waals surface area (Å²) in [6.07, 6.45) is 0.710. The van der Waals surface area contributed by atoms with Crippen molar-refractivity contribution >= 4 is 40.7 Å². The van der Waals surface area contributed by atoms with Gasteiger partial charge in [0.1, 0.15) is 41.6 Å². The number of rotatable bonds is 9. The van der Waals surface area contributed by atoms with E-state index in [1.165, 1.54) is 15.9 Å². The van der Waals surface area contributed by atoms with E-state index < -0.39 is 7.26 Å². The normalized spacial score (nSPS) is 11.3. The van der Waals surface area contributed by atoms with Crippen LogP contribution in [0.1, 0.15) is 12.6 Å². The average Bonchev–Trinajstić information content (AvgIpc) is 3.35. The van der Waals surface area contributed by atoms with Gasteiger partial charge in [0, 0.05) is 5.02 Å². The Balaban J connectivity index is 1.69. The summed E-state index contributed by atoms with van der Waals surface area (Å²) in [4.78, 5) is 12.5. The van der Waals surface area contributed by atoms with E-state index in [4.69, 9.17) is 21.4 Å². The highest BCUT2D eigenvalue weighted by molar-refractivity contribution is 7.95. The molecule has 1 heterocycles. The summed E-state index contributed by atoms with van der Waals surface area (Å²) in [6, 6.07) is 41.9. The van der Waals surface area contributed by atoms with E-state index in [1.807, 2.05) is 31.2 Å². The van der Waals surface area contributed by atoms with E-state index in [1.54, 1.807) is 4.68 Å². The zero-order chi connectivity index (χ0) is 26.4. The molecule has 5 rings (SSSR count). The summed E-state index contributed by atoms with van der Waals surface area (Å²) >= 11 is 6.17. The Hall–Kier alpha value is -3.72. The van der Waals surface area contributed by atoms with Crippen LogP contribution >= 0.6 is 18.9 Å². The topological polar surface area (TPSA) is 44.1 Å². The highest BCUT2D eigenvalue weighted by Gasteiger charge is 2.46. The van der Waals surface area contributed by atoms with Crippen LogP contribution in [0.2, 0.25) is 5.02 Å². The number of nitrogens with zero attached hydrogens (tertiary/aromatic N) is 2. The Kier molecular flexibility index (Phi) is 8.03. The Morgan fingerprint density at radius 2 is 1.29 bits per heavy atom. The van der Waals surface area contributed by atoms with Gasteiger partial charge in [0.25, 0.3) is 0 Å². The molecule has 0 saturated carbocycles. The fourth-order valence-electron chi connectivity index (χ4n) is 4.86. The minimum atomic E-state index is -2.14. The second-order valence-corrected chi connectivity index (χ2v) is 12.9. The van der Waals surface area contributed by atoms with Crippen molar-refractivity contribution in [2.45, 2.75) is 19.6 Å². The molecule has 0 fully saturated rings. The number of carbonyl (C=O) groups excluding carboxylic acids is 1. The molecule has 0 spiro atoms. The maximum absolute atomic E-state index is 12.5. The van der Waals surface area contributed by atoms with Crippen molar-refractivity contribution in [1.82, 2.24) is 9.78 Å². The second kappa shape index (κ2) is 11.8. The molecule has 0 aliphatic heterocycles. The molecule has 38 heavy (non-hydrogen) atoms. The lowest BCUT2D eigenvalue weighted by Gasteiger charge is -2.27. The van der Waals surface area contributed by atoms with Crippen molar-refractivity contribution in [1.29, 1.82) is 0 Å². The van der Waals surface area contributed by atoms with Gasteiger partial charge in [-0.2, -0.15) is 5.10 Å². The Labute approximate surface area is 229 Å². The largest absolute Gasteiger partial charge is 0.465 e. The number of ether oxygens (including phenoxy) is 1. The van der Waals surface area contributed by atoms with Crippen molar-refractivity contribution in [3.8, 4) is 11.3 Å². The lowest BCUT2D eigenvalue weighted by molar-refractivity contribution is -0.144. The molecule has 0 saturated heterocycles. The first-order chi connectivity index (χ1) is 18.6. The lowest BCUT2D eigenvalue weighted by Crippen LogP contribution is -2.32. The molecule has 190 valence electrons. The maximum atomic E-state index is 12.5. The molecule has 0 radical (unpaired) electrons. The van der Waals surface area contributed by atoms with Crippen molar-refractivity contribution in [3.63, 3.8) is 0 Å². The second-order valence-electron chi connectivity index (χ2n) is 8.96. The minimum absolute atomic E-state index is 0.0409. The zero-order valence-corrected chi connectivity index (χ0v) is 22.9. The Morgan fingerprint density at radius 1 is 0.789 bits per heavy atom. The number of aromatic nitrogens is 2. The van der Waals surface area contributed by atoms with Gasteiger partial charge >= 0.3 is 5.97 Å². The van der Waals surface area contributed by atoms with Gasteiger partial charge in [-0.3, -0.25) is 9.48 Å². The highest BCUT2D eigenvalue weighted by Crippen LogP contribution is 2.58. The summed E-state index contributed by atoms with van der Waals surface area (Å²) < 4.78 is 7.02. The zero-order valence-electron chi connectivity index (χ0n) is 21.2. The van der Waals surface area contributed by atoms with E-state index in [9.17, 15) is 4.79 Å². The summed E-state index contributed by atoms with van der Waals surface area (Å²) in [5.74, 6) is -0.312. The van der Waals surface area contributed by atoms with Gasteiger partial charge in [-0.1, -0.05) is 78.3 Å². The monoisotopic (exact) mass is 539 g/mol. The van der Waals surface area contributed by atoms with Crippen molar-refractivity contribution in [3.05, 3.63) is 132 Å². The first-order valence-corrected chi connectivity index (χ1v) is 15.0. The quantitative estimate of drug-likeness (QED) is 0.164. The molecule has 5 aromatic rings. The SMILES string of the molecule is CCOC(=O)Cn1nc(C[P+](c2ccccc2)(c2ccccc2)c2ccccc2)cc1-c1ccc(Cl)cc1. The number of halogens is 1. The van der Waals surface area contributed by atoms with Crippen molar-refractivity contribution in [2.24, 2.45) is 0 Å². The maximum Gasteiger partial charge on any atom is 0.327 e. The van der Waals surface area contributed by atoms with Gasteiger partial charge < -0.3 is 4.74 Å². The first kappa shape index (κ1) is 25.9. The average molecular weight is 540 g/mol. The van der Waals surface area contributed by atoms with E-state index in [2.05, 4.69) is 97.1 Å². The molecule has 1 aromatic heterocycles. The predicted octanol–water partition coefficient (Wildman–Crippen LogP) is 6.26. The smallest absolute Gasteiger partial charge is 0.327 e. The molecule has 0 bridgehead atoms. The highest BCUT2D eigenvalue weighted by atomic mass is 35.5. The van der Waals surface area contributed by atoms with Gasteiger partial charge in [-0.15, -0.1) is 0 Å². The van der Waals surface area contributed by atoms with Gasteiger partial charge in [0.05, 0.1) is 12.3 Å². The molecule has 0 atom stereocenters. The Bertz CT molecular complexity index is 1390. The van der Waals surface area contributed by atoms with Crippen LogP contribution in [-0.2, 0) is 22.2 Å². The summed E-state index contributed by atoms with van der Waals surface area (Å²) in [5.41, 5.74) is 2.72. The number of carbonyl (C=O) groups is 1. The van der Waals surface area contributed by atoms with Crippen LogP contribution in [-0.4, -0.2) is 22.4 Å². The Morgan fingerprint density at radius 3 is 1.76 bits per heavy atom. The van der Waals surface area contributed by atoms with Crippen LogP contribution in [0.15, 0.2) is 121 Å². The molecule has 0 unspecified atom stereocenters. The fourth-order valence-corrected chi connectivity index (χ4v) is 9.11. The molecule has 0 aliphatic carbocycles. The van der Waals surface area contributed by atoms with Gasteiger partial charge in [-0.05, 0) is 67.1 Å².